The van der Waals surface area contributed by atoms with Crippen molar-refractivity contribution in [2.75, 3.05) is 13.6 Å². The van der Waals surface area contributed by atoms with Crippen molar-refractivity contribution in [2.45, 2.75) is 43.4 Å². The summed E-state index contributed by atoms with van der Waals surface area (Å²) in [5, 5.41) is 27.9. The molecule has 4 aliphatic rings. The zero-order valence-corrected chi connectivity index (χ0v) is 19.0. The van der Waals surface area contributed by atoms with Crippen LogP contribution in [0.1, 0.15) is 46.8 Å². The molecule has 1 aliphatic heterocycles. The van der Waals surface area contributed by atoms with Crippen LogP contribution in [0.4, 0.5) is 4.39 Å². The number of nitrogens with one attached hydrogen (secondary N) is 2. The Balaban J connectivity index is 1.61. The van der Waals surface area contributed by atoms with Crippen molar-refractivity contribution in [1.82, 2.24) is 10.6 Å². The van der Waals surface area contributed by atoms with Gasteiger partial charge < -0.3 is 26.6 Å². The van der Waals surface area contributed by atoms with Crippen molar-refractivity contribution >= 4 is 29.0 Å². The summed E-state index contributed by atoms with van der Waals surface area (Å²) in [5.74, 6) is -12.3. The number of aliphatic hydroxyl groups is 1. The first-order valence-electron chi connectivity index (χ1n) is 11.7. The van der Waals surface area contributed by atoms with Crippen molar-refractivity contribution in [1.29, 1.82) is 0 Å². The Morgan fingerprint density at radius 3 is 2.57 bits per heavy atom. The second-order valence-electron chi connectivity index (χ2n) is 9.95. The highest BCUT2D eigenvalue weighted by atomic mass is 19.1. The van der Waals surface area contributed by atoms with Crippen LogP contribution in [0.2, 0.25) is 0 Å². The van der Waals surface area contributed by atoms with E-state index in [4.69, 9.17) is 5.73 Å². The molecule has 0 bridgehead atoms. The second-order valence-corrected chi connectivity index (χ2v) is 9.95. The van der Waals surface area contributed by atoms with Crippen molar-refractivity contribution in [2.24, 2.45) is 29.4 Å². The summed E-state index contributed by atoms with van der Waals surface area (Å²) in [7, 11) is 1.38. The summed E-state index contributed by atoms with van der Waals surface area (Å²) in [6.07, 6.45) is 1.28. The smallest absolute Gasteiger partial charge is 0.235 e. The molecule has 0 aromatic heterocycles. The maximum Gasteiger partial charge on any atom is 0.235 e. The zero-order valence-electron chi connectivity index (χ0n) is 19.0. The third-order valence-corrected chi connectivity index (χ3v) is 8.25. The standard InChI is InChI=1S/C24H26FN3O7/c1-27-18-11-6-8-5-10-15(13(29)7-9(17(10)25)12-3-2-4-28-12)19(30)14(8)21(32)24(11,35)22(33)16(20(18)31)23(26)34/h7-8,11-12,14,16,18,27-29,35H,2-6H2,1H3,(H2,26,34). The molecule has 3 aliphatic carbocycles. The molecule has 1 heterocycles. The number of carbonyl (C=O) groups excluding carboxylic acids is 5. The van der Waals surface area contributed by atoms with Gasteiger partial charge in [0.1, 0.15) is 11.6 Å². The van der Waals surface area contributed by atoms with E-state index in [1.165, 1.54) is 13.1 Å². The number of aromatic hydroxyl groups is 1. The number of amides is 1. The van der Waals surface area contributed by atoms with E-state index < -0.39 is 75.9 Å². The fraction of sp³-hybridized carbons (Fsp3) is 0.542. The minimum absolute atomic E-state index is 0.0114. The van der Waals surface area contributed by atoms with Gasteiger partial charge in [0.2, 0.25) is 5.91 Å². The van der Waals surface area contributed by atoms with Gasteiger partial charge >= 0.3 is 0 Å². The number of ketones is 4. The minimum atomic E-state index is -2.79. The molecule has 0 spiro atoms. The molecule has 6 N–H and O–H groups in total. The number of fused-ring (bicyclic) bond motifs is 3. The van der Waals surface area contributed by atoms with Crippen LogP contribution in [0.3, 0.4) is 0 Å². The van der Waals surface area contributed by atoms with Crippen LogP contribution in [-0.2, 0) is 25.6 Å². The van der Waals surface area contributed by atoms with Crippen LogP contribution in [-0.4, -0.2) is 64.5 Å². The molecule has 10 nitrogen and oxygen atoms in total. The van der Waals surface area contributed by atoms with Crippen LogP contribution in [0.25, 0.3) is 0 Å². The predicted molar refractivity (Wildman–Crippen MR) is 117 cm³/mol. The van der Waals surface area contributed by atoms with E-state index in [-0.39, 0.29) is 35.6 Å². The number of Topliss-reactive ketones (excluding diaryl/α,β-unsaturated/α-hetero) is 4. The molecule has 7 unspecified atom stereocenters. The van der Waals surface area contributed by atoms with Crippen LogP contribution < -0.4 is 16.4 Å². The Labute approximate surface area is 199 Å². The molecule has 186 valence electrons. The van der Waals surface area contributed by atoms with Gasteiger partial charge in [-0.05, 0) is 51.3 Å². The second kappa shape index (κ2) is 8.00. The van der Waals surface area contributed by atoms with E-state index in [2.05, 4.69) is 10.6 Å². The summed E-state index contributed by atoms with van der Waals surface area (Å²) in [6, 6.07) is -0.376. The first-order valence-corrected chi connectivity index (χ1v) is 11.7. The lowest BCUT2D eigenvalue weighted by atomic mass is 9.52. The van der Waals surface area contributed by atoms with E-state index in [1.54, 1.807) is 0 Å². The summed E-state index contributed by atoms with van der Waals surface area (Å²) in [4.78, 5) is 64.9. The van der Waals surface area contributed by atoms with Gasteiger partial charge in [-0.3, -0.25) is 24.0 Å². The van der Waals surface area contributed by atoms with E-state index >= 15 is 4.39 Å². The number of phenols is 1. The van der Waals surface area contributed by atoms with Gasteiger partial charge in [-0.15, -0.1) is 0 Å². The normalized spacial score (nSPS) is 36.5. The van der Waals surface area contributed by atoms with Gasteiger partial charge in [-0.2, -0.15) is 0 Å². The van der Waals surface area contributed by atoms with Gasteiger partial charge in [-0.1, -0.05) is 0 Å². The fourth-order valence-electron chi connectivity index (χ4n) is 6.63. The molecule has 1 aromatic rings. The number of hydrogen-bond acceptors (Lipinski definition) is 9. The molecule has 1 aromatic carbocycles. The topological polar surface area (TPSA) is 176 Å². The van der Waals surface area contributed by atoms with Crippen LogP contribution in [0.15, 0.2) is 6.07 Å². The fourth-order valence-corrected chi connectivity index (χ4v) is 6.63. The highest BCUT2D eigenvalue weighted by molar-refractivity contribution is 6.32. The number of carbonyl (C=O) groups is 5. The first-order chi connectivity index (χ1) is 16.5. The Morgan fingerprint density at radius 1 is 1.26 bits per heavy atom. The van der Waals surface area contributed by atoms with Crippen molar-refractivity contribution in [3.63, 3.8) is 0 Å². The van der Waals surface area contributed by atoms with Gasteiger partial charge in [0, 0.05) is 23.1 Å². The number of hydrogen-bond donors (Lipinski definition) is 5. The maximum atomic E-state index is 15.6. The molecular weight excluding hydrogens is 461 g/mol. The molecule has 35 heavy (non-hydrogen) atoms. The molecule has 3 fully saturated rings. The Bertz CT molecular complexity index is 1190. The molecular formula is C24H26FN3O7. The number of phenolic OH excluding ortho intramolecular Hbond substituents is 1. The Morgan fingerprint density at radius 2 is 1.97 bits per heavy atom. The molecule has 1 saturated heterocycles. The largest absolute Gasteiger partial charge is 0.507 e. The van der Waals surface area contributed by atoms with E-state index in [0.717, 1.165) is 6.42 Å². The average Bonchev–Trinajstić information content (AvgIpc) is 3.33. The van der Waals surface area contributed by atoms with Gasteiger partial charge in [0.05, 0.1) is 17.5 Å². The lowest BCUT2D eigenvalue weighted by Gasteiger charge is -2.51. The van der Waals surface area contributed by atoms with Crippen LogP contribution in [0, 0.1) is 29.5 Å². The third kappa shape index (κ3) is 3.08. The van der Waals surface area contributed by atoms with E-state index in [1.807, 2.05) is 0 Å². The number of benzene rings is 1. The summed E-state index contributed by atoms with van der Waals surface area (Å²) in [6.45, 7) is 0.695. The predicted octanol–water partition coefficient (Wildman–Crippen LogP) is -0.912. The van der Waals surface area contributed by atoms with Crippen molar-refractivity contribution in [3.8, 4) is 5.75 Å². The molecule has 1 amide bonds. The van der Waals surface area contributed by atoms with Crippen molar-refractivity contribution < 1.29 is 38.6 Å². The number of likely N-dealkylation sites (N-methyl/N-ethyl adjacent to an activating group) is 1. The average molecular weight is 487 g/mol. The summed E-state index contributed by atoms with van der Waals surface area (Å²) >= 11 is 0. The van der Waals surface area contributed by atoms with E-state index in [9.17, 15) is 34.2 Å². The lowest BCUT2D eigenvalue weighted by molar-refractivity contribution is -0.178. The van der Waals surface area contributed by atoms with Gasteiger partial charge in [0.25, 0.3) is 0 Å². The van der Waals surface area contributed by atoms with E-state index in [0.29, 0.717) is 13.0 Å². The van der Waals surface area contributed by atoms with Gasteiger partial charge in [-0.25, -0.2) is 4.39 Å². The quantitative estimate of drug-likeness (QED) is 0.338. The van der Waals surface area contributed by atoms with Crippen LogP contribution in [0.5, 0.6) is 5.75 Å². The number of rotatable bonds is 3. The first kappa shape index (κ1) is 23.7. The molecule has 0 radical (unpaired) electrons. The number of halogens is 1. The molecule has 7 atom stereocenters. The SMILES string of the molecule is CNC1C(=O)C(C(N)=O)C(=O)C2(O)C(=O)C3C(=O)c4c(O)cc(C5CCCN5)c(F)c4CC3CC12. The van der Waals surface area contributed by atoms with Crippen molar-refractivity contribution in [3.05, 3.63) is 28.6 Å². The molecule has 2 saturated carbocycles. The lowest BCUT2D eigenvalue weighted by Crippen LogP contribution is -2.74. The Kier molecular flexibility index (Phi) is 5.42. The molecule has 11 heteroatoms. The maximum absolute atomic E-state index is 15.6. The number of nitrogens with two attached hydrogens (primary N) is 1. The zero-order chi connectivity index (χ0) is 25.4. The highest BCUT2D eigenvalue weighted by Crippen LogP contribution is 2.50. The number of primary amides is 1. The summed E-state index contributed by atoms with van der Waals surface area (Å²) in [5.41, 5.74) is 2.34. The van der Waals surface area contributed by atoms with Gasteiger partial charge in [0.15, 0.2) is 34.7 Å². The summed E-state index contributed by atoms with van der Waals surface area (Å²) < 4.78 is 15.6. The minimum Gasteiger partial charge on any atom is -0.507 e. The van der Waals surface area contributed by atoms with Crippen LogP contribution >= 0.6 is 0 Å². The monoisotopic (exact) mass is 487 g/mol. The molecule has 5 rings (SSSR count). The Hall–Kier alpha value is -3.02. The third-order valence-electron chi connectivity index (χ3n) is 8.25. The highest BCUT2D eigenvalue weighted by Gasteiger charge is 2.68.